The Labute approximate surface area is 355 Å². The van der Waals surface area contributed by atoms with Crippen LogP contribution < -0.4 is 0 Å². The lowest BCUT2D eigenvalue weighted by atomic mass is 10.0. The number of ether oxygens (including phenoxy) is 3. The summed E-state index contributed by atoms with van der Waals surface area (Å²) >= 11 is 0. The molecule has 0 heterocycles. The number of hydrogen-bond donors (Lipinski definition) is 0. The largest absolute Gasteiger partial charge is 0.462 e. The van der Waals surface area contributed by atoms with Crippen LogP contribution in [0.4, 0.5) is 0 Å². The molecular formula is C51H98O6. The van der Waals surface area contributed by atoms with Crippen molar-refractivity contribution >= 4 is 17.9 Å². The summed E-state index contributed by atoms with van der Waals surface area (Å²) < 4.78 is 16.8. The Bertz CT molecular complexity index is 883. The number of carbonyl (C=O) groups is 3. The molecule has 0 unspecified atom stereocenters. The van der Waals surface area contributed by atoms with E-state index in [4.69, 9.17) is 14.2 Å². The Balaban J connectivity index is 4.29. The first-order valence-electron chi connectivity index (χ1n) is 25.1. The fourth-order valence-corrected chi connectivity index (χ4v) is 7.59. The molecule has 0 bridgehead atoms. The van der Waals surface area contributed by atoms with Gasteiger partial charge in [-0.2, -0.15) is 0 Å². The summed E-state index contributed by atoms with van der Waals surface area (Å²) in [6, 6.07) is 0. The summed E-state index contributed by atoms with van der Waals surface area (Å²) in [4.78, 5) is 37.8. The van der Waals surface area contributed by atoms with E-state index in [9.17, 15) is 14.4 Å². The molecule has 0 saturated carbocycles. The molecule has 0 saturated heterocycles. The highest BCUT2D eigenvalue weighted by Crippen LogP contribution is 2.17. The van der Waals surface area contributed by atoms with Gasteiger partial charge >= 0.3 is 17.9 Å². The third-order valence-corrected chi connectivity index (χ3v) is 11.4. The Morgan fingerprint density at radius 3 is 0.754 bits per heavy atom. The van der Waals surface area contributed by atoms with Crippen LogP contribution in [0.2, 0.25) is 0 Å². The van der Waals surface area contributed by atoms with E-state index in [-0.39, 0.29) is 31.1 Å². The molecule has 0 fully saturated rings. The van der Waals surface area contributed by atoms with Gasteiger partial charge in [0, 0.05) is 19.3 Å². The molecule has 0 amide bonds. The first-order valence-corrected chi connectivity index (χ1v) is 25.1. The first-order chi connectivity index (χ1) is 27.6. The molecule has 1 atom stereocenters. The van der Waals surface area contributed by atoms with Crippen molar-refractivity contribution in [2.75, 3.05) is 13.2 Å². The number of rotatable bonds is 44. The van der Waals surface area contributed by atoms with Crippen molar-refractivity contribution in [3.8, 4) is 0 Å². The number of carbonyl (C=O) groups excluding carboxylic acids is 3. The van der Waals surface area contributed by atoms with E-state index in [2.05, 4.69) is 41.5 Å². The lowest BCUT2D eigenvalue weighted by molar-refractivity contribution is -0.167. The minimum absolute atomic E-state index is 0.0656. The van der Waals surface area contributed by atoms with Gasteiger partial charge in [0.2, 0.25) is 0 Å². The molecule has 57 heavy (non-hydrogen) atoms. The second kappa shape index (κ2) is 42.5. The summed E-state index contributed by atoms with van der Waals surface area (Å²) in [5.41, 5.74) is 0. The third kappa shape index (κ3) is 45.3. The Kier molecular flexibility index (Phi) is 41.3. The lowest BCUT2D eigenvalue weighted by Crippen LogP contribution is -2.30. The van der Waals surface area contributed by atoms with Gasteiger partial charge in [0.15, 0.2) is 6.10 Å². The quantitative estimate of drug-likeness (QED) is 0.0347. The predicted molar refractivity (Wildman–Crippen MR) is 243 cm³/mol. The average molecular weight is 807 g/mol. The van der Waals surface area contributed by atoms with E-state index in [1.807, 2.05) is 0 Å². The molecular weight excluding hydrogens is 709 g/mol. The molecule has 0 aliphatic rings. The topological polar surface area (TPSA) is 78.9 Å². The van der Waals surface area contributed by atoms with Crippen molar-refractivity contribution in [1.29, 1.82) is 0 Å². The van der Waals surface area contributed by atoms with E-state index in [1.54, 1.807) is 0 Å². The van der Waals surface area contributed by atoms with E-state index in [1.165, 1.54) is 154 Å². The van der Waals surface area contributed by atoms with Crippen LogP contribution in [-0.2, 0) is 28.6 Å². The van der Waals surface area contributed by atoms with Crippen molar-refractivity contribution in [2.24, 2.45) is 17.8 Å². The molecule has 0 aromatic carbocycles. The molecule has 0 aromatic heterocycles. The minimum Gasteiger partial charge on any atom is -0.462 e. The van der Waals surface area contributed by atoms with Crippen LogP contribution in [0.1, 0.15) is 273 Å². The summed E-state index contributed by atoms with van der Waals surface area (Å²) in [6.07, 6.45) is 41.0. The van der Waals surface area contributed by atoms with Crippen LogP contribution in [0.3, 0.4) is 0 Å². The molecule has 0 rings (SSSR count). The second-order valence-corrected chi connectivity index (χ2v) is 18.9. The number of unbranched alkanes of at least 4 members (excludes halogenated alkanes) is 27. The minimum atomic E-state index is -0.762. The monoisotopic (exact) mass is 807 g/mol. The molecule has 0 radical (unpaired) electrons. The maximum absolute atomic E-state index is 12.8. The van der Waals surface area contributed by atoms with Gasteiger partial charge in [-0.1, -0.05) is 234 Å². The van der Waals surface area contributed by atoms with Crippen LogP contribution in [0.5, 0.6) is 0 Å². The van der Waals surface area contributed by atoms with Crippen molar-refractivity contribution in [3.63, 3.8) is 0 Å². The molecule has 0 aromatic rings. The van der Waals surface area contributed by atoms with E-state index < -0.39 is 6.10 Å². The van der Waals surface area contributed by atoms with Gasteiger partial charge in [-0.15, -0.1) is 0 Å². The lowest BCUT2D eigenvalue weighted by Gasteiger charge is -2.18. The summed E-state index contributed by atoms with van der Waals surface area (Å²) in [6.45, 7) is 13.6. The van der Waals surface area contributed by atoms with E-state index >= 15 is 0 Å². The van der Waals surface area contributed by atoms with E-state index in [0.29, 0.717) is 19.3 Å². The molecule has 338 valence electrons. The zero-order chi connectivity index (χ0) is 42.0. The van der Waals surface area contributed by atoms with Crippen LogP contribution in [0.25, 0.3) is 0 Å². The summed E-state index contributed by atoms with van der Waals surface area (Å²) in [5.74, 6) is 1.57. The normalized spacial score (nSPS) is 12.2. The maximum atomic E-state index is 12.8. The Hall–Kier alpha value is -1.59. The smallest absolute Gasteiger partial charge is 0.306 e. The molecule has 6 nitrogen and oxygen atoms in total. The van der Waals surface area contributed by atoms with Crippen molar-refractivity contribution in [1.82, 2.24) is 0 Å². The van der Waals surface area contributed by atoms with Gasteiger partial charge in [-0.3, -0.25) is 14.4 Å². The van der Waals surface area contributed by atoms with Gasteiger partial charge in [0.25, 0.3) is 0 Å². The molecule has 0 aliphatic carbocycles. The molecule has 0 spiro atoms. The van der Waals surface area contributed by atoms with Crippen LogP contribution in [0.15, 0.2) is 0 Å². The van der Waals surface area contributed by atoms with Crippen LogP contribution in [0, 0.1) is 17.8 Å². The van der Waals surface area contributed by atoms with E-state index in [0.717, 1.165) is 75.5 Å². The molecule has 6 heteroatoms. The first kappa shape index (κ1) is 55.4. The zero-order valence-corrected chi connectivity index (χ0v) is 39.1. The molecule has 0 N–H and O–H groups in total. The standard InChI is InChI=1S/C51H98O6/c1-45(2)37-31-25-19-15-11-8-7-9-13-18-22-30-36-42-51(54)57-48(44-56-50(53)41-35-29-24-23-27-33-39-47(5)6)43-55-49(52)40-34-28-21-17-14-10-12-16-20-26-32-38-46(3)4/h45-48H,7-44H2,1-6H3/t48-/m0/s1. The van der Waals surface area contributed by atoms with Gasteiger partial charge < -0.3 is 14.2 Å². The van der Waals surface area contributed by atoms with Gasteiger partial charge in [0.1, 0.15) is 13.2 Å². The predicted octanol–water partition coefficient (Wildman–Crippen LogP) is 16.0. The summed E-state index contributed by atoms with van der Waals surface area (Å²) in [7, 11) is 0. The number of esters is 3. The average Bonchev–Trinajstić information content (AvgIpc) is 3.16. The van der Waals surface area contributed by atoms with Crippen molar-refractivity contribution < 1.29 is 28.6 Å². The zero-order valence-electron chi connectivity index (χ0n) is 39.1. The fourth-order valence-electron chi connectivity index (χ4n) is 7.59. The fraction of sp³-hybridized carbons (Fsp3) is 0.941. The van der Waals surface area contributed by atoms with Crippen molar-refractivity contribution in [3.05, 3.63) is 0 Å². The highest BCUT2D eigenvalue weighted by Gasteiger charge is 2.19. The Morgan fingerprint density at radius 2 is 0.509 bits per heavy atom. The third-order valence-electron chi connectivity index (χ3n) is 11.4. The van der Waals surface area contributed by atoms with Gasteiger partial charge in [-0.25, -0.2) is 0 Å². The Morgan fingerprint density at radius 1 is 0.298 bits per heavy atom. The maximum Gasteiger partial charge on any atom is 0.306 e. The van der Waals surface area contributed by atoms with Gasteiger partial charge in [-0.05, 0) is 37.0 Å². The number of hydrogen-bond acceptors (Lipinski definition) is 6. The van der Waals surface area contributed by atoms with Crippen LogP contribution >= 0.6 is 0 Å². The highest BCUT2D eigenvalue weighted by atomic mass is 16.6. The van der Waals surface area contributed by atoms with Crippen LogP contribution in [-0.4, -0.2) is 37.2 Å². The second-order valence-electron chi connectivity index (χ2n) is 18.9. The SMILES string of the molecule is CC(C)CCCCCCCCCCCCCCCC(=O)O[C@@H](COC(=O)CCCCCCCCCCCCCC(C)C)COC(=O)CCCCCCCCC(C)C. The molecule has 0 aliphatic heterocycles. The highest BCUT2D eigenvalue weighted by molar-refractivity contribution is 5.71. The summed E-state index contributed by atoms with van der Waals surface area (Å²) in [5, 5.41) is 0. The van der Waals surface area contributed by atoms with Gasteiger partial charge in [0.05, 0.1) is 0 Å². The van der Waals surface area contributed by atoms with Crippen molar-refractivity contribution in [2.45, 2.75) is 279 Å².